The Balaban J connectivity index is 1.48. The normalized spacial score (nSPS) is 15.4. The molecule has 0 amide bonds. The molecule has 0 aromatic heterocycles. The van der Waals surface area contributed by atoms with Gasteiger partial charge in [-0.2, -0.15) is 0 Å². The summed E-state index contributed by atoms with van der Waals surface area (Å²) < 4.78 is 11.3. The Bertz CT molecular complexity index is 801. The number of rotatable bonds is 7. The van der Waals surface area contributed by atoms with E-state index in [2.05, 4.69) is 41.2 Å². The first-order valence-corrected chi connectivity index (χ1v) is 9.76. The molecule has 3 rings (SSSR count). The third kappa shape index (κ3) is 6.25. The van der Waals surface area contributed by atoms with Gasteiger partial charge in [-0.15, -0.1) is 0 Å². The zero-order valence-corrected chi connectivity index (χ0v) is 16.8. The van der Waals surface area contributed by atoms with Crippen LogP contribution >= 0.6 is 0 Å². The fourth-order valence-electron chi connectivity index (χ4n) is 3.03. The van der Waals surface area contributed by atoms with Crippen molar-refractivity contribution < 1.29 is 9.47 Å². The lowest BCUT2D eigenvalue weighted by molar-refractivity contribution is 0.0322. The van der Waals surface area contributed by atoms with Gasteiger partial charge in [-0.05, 0) is 54.8 Å². The van der Waals surface area contributed by atoms with Crippen LogP contribution in [0, 0.1) is 13.8 Å². The molecule has 3 N–H and O–H groups in total. The van der Waals surface area contributed by atoms with E-state index in [0.29, 0.717) is 19.1 Å². The van der Waals surface area contributed by atoms with Gasteiger partial charge in [0.15, 0.2) is 5.96 Å². The number of hydrogen-bond donors (Lipinski definition) is 2. The van der Waals surface area contributed by atoms with Crippen LogP contribution in [0.4, 0.5) is 5.69 Å². The standard InChI is InChI=1S/C22H30N4O2/c1-17-6-7-20(14-18(17)2)25-22(23)24-16-19-4-3-5-21(15-19)28-13-10-26-8-11-27-12-9-26/h3-7,14-15H,8-13,16H2,1-2H3,(H3,23,24,25). The minimum Gasteiger partial charge on any atom is -0.492 e. The number of aliphatic imine (C=N–C) groups is 1. The lowest BCUT2D eigenvalue weighted by atomic mass is 10.1. The predicted octanol–water partition coefficient (Wildman–Crippen LogP) is 2.94. The van der Waals surface area contributed by atoms with Crippen LogP contribution in [0.3, 0.4) is 0 Å². The molecule has 2 aromatic carbocycles. The SMILES string of the molecule is Cc1ccc(NC(N)=NCc2cccc(OCCN3CCOCC3)c2)cc1C. The van der Waals surface area contributed by atoms with Gasteiger partial charge in [0.1, 0.15) is 12.4 Å². The fraction of sp³-hybridized carbons (Fsp3) is 0.409. The Morgan fingerprint density at radius 1 is 1.14 bits per heavy atom. The monoisotopic (exact) mass is 382 g/mol. The van der Waals surface area contributed by atoms with E-state index < -0.39 is 0 Å². The largest absolute Gasteiger partial charge is 0.492 e. The molecule has 0 unspecified atom stereocenters. The summed E-state index contributed by atoms with van der Waals surface area (Å²) in [7, 11) is 0. The summed E-state index contributed by atoms with van der Waals surface area (Å²) in [6.07, 6.45) is 0. The van der Waals surface area contributed by atoms with E-state index in [0.717, 1.165) is 49.8 Å². The second-order valence-electron chi connectivity index (χ2n) is 7.08. The van der Waals surface area contributed by atoms with Gasteiger partial charge in [0.2, 0.25) is 0 Å². The van der Waals surface area contributed by atoms with Gasteiger partial charge >= 0.3 is 0 Å². The molecule has 6 nitrogen and oxygen atoms in total. The smallest absolute Gasteiger partial charge is 0.193 e. The molecule has 150 valence electrons. The Morgan fingerprint density at radius 2 is 1.96 bits per heavy atom. The van der Waals surface area contributed by atoms with E-state index in [1.807, 2.05) is 30.3 Å². The van der Waals surface area contributed by atoms with E-state index in [1.54, 1.807) is 0 Å². The first-order valence-electron chi connectivity index (χ1n) is 9.76. The lowest BCUT2D eigenvalue weighted by Crippen LogP contribution is -2.38. The van der Waals surface area contributed by atoms with Gasteiger partial charge in [-0.3, -0.25) is 4.90 Å². The van der Waals surface area contributed by atoms with Crippen molar-refractivity contribution in [1.29, 1.82) is 0 Å². The molecule has 1 fully saturated rings. The van der Waals surface area contributed by atoms with E-state index in [-0.39, 0.29) is 0 Å². The number of anilines is 1. The summed E-state index contributed by atoms with van der Waals surface area (Å²) in [5.74, 6) is 1.27. The summed E-state index contributed by atoms with van der Waals surface area (Å²) in [4.78, 5) is 6.80. The first-order chi connectivity index (χ1) is 13.6. The Morgan fingerprint density at radius 3 is 2.75 bits per heavy atom. The number of nitrogens with zero attached hydrogens (tertiary/aromatic N) is 2. The average Bonchev–Trinajstić information content (AvgIpc) is 2.70. The quantitative estimate of drug-likeness (QED) is 0.569. The molecule has 2 aromatic rings. The van der Waals surface area contributed by atoms with E-state index >= 15 is 0 Å². The van der Waals surface area contributed by atoms with Gasteiger partial charge in [0, 0.05) is 25.3 Å². The summed E-state index contributed by atoms with van der Waals surface area (Å²) in [5, 5.41) is 3.15. The van der Waals surface area contributed by atoms with Crippen molar-refractivity contribution in [2.24, 2.45) is 10.7 Å². The molecule has 6 heteroatoms. The van der Waals surface area contributed by atoms with Crippen molar-refractivity contribution in [2.75, 3.05) is 44.8 Å². The maximum absolute atomic E-state index is 6.03. The second-order valence-corrected chi connectivity index (χ2v) is 7.08. The minimum atomic E-state index is 0.405. The fourth-order valence-corrected chi connectivity index (χ4v) is 3.03. The predicted molar refractivity (Wildman–Crippen MR) is 114 cm³/mol. The number of nitrogens with two attached hydrogens (primary N) is 1. The van der Waals surface area contributed by atoms with Crippen LogP contribution in [0.25, 0.3) is 0 Å². The maximum atomic E-state index is 6.03. The zero-order valence-electron chi connectivity index (χ0n) is 16.8. The van der Waals surface area contributed by atoms with Crippen LogP contribution in [-0.4, -0.2) is 50.3 Å². The molecule has 1 aliphatic rings. The van der Waals surface area contributed by atoms with Gasteiger partial charge in [-0.1, -0.05) is 18.2 Å². The lowest BCUT2D eigenvalue weighted by Gasteiger charge is -2.26. The molecule has 0 spiro atoms. The van der Waals surface area contributed by atoms with Crippen LogP contribution < -0.4 is 15.8 Å². The van der Waals surface area contributed by atoms with E-state index in [4.69, 9.17) is 15.2 Å². The summed E-state index contributed by atoms with van der Waals surface area (Å²) >= 11 is 0. The third-order valence-electron chi connectivity index (χ3n) is 4.89. The highest BCUT2D eigenvalue weighted by molar-refractivity contribution is 5.92. The second kappa shape index (κ2) is 10.1. The Kier molecular flexibility index (Phi) is 7.28. The number of guanidine groups is 1. The number of aryl methyl sites for hydroxylation is 2. The number of nitrogens with one attached hydrogen (secondary N) is 1. The Hall–Kier alpha value is -2.57. The van der Waals surface area contributed by atoms with Crippen LogP contribution in [0.1, 0.15) is 16.7 Å². The summed E-state index contributed by atoms with van der Waals surface area (Å²) in [5.41, 5.74) is 10.5. The third-order valence-corrected chi connectivity index (χ3v) is 4.89. The summed E-state index contributed by atoms with van der Waals surface area (Å²) in [6, 6.07) is 14.2. The molecule has 0 bridgehead atoms. The molecular formula is C22H30N4O2. The van der Waals surface area contributed by atoms with Gasteiger partial charge in [0.05, 0.1) is 19.8 Å². The first kappa shape index (κ1) is 20.2. The number of hydrogen-bond acceptors (Lipinski definition) is 4. The van der Waals surface area contributed by atoms with Crippen LogP contribution in [0.2, 0.25) is 0 Å². The molecule has 0 radical (unpaired) electrons. The highest BCUT2D eigenvalue weighted by Gasteiger charge is 2.09. The molecule has 0 saturated carbocycles. The number of morpholine rings is 1. The van der Waals surface area contributed by atoms with Gasteiger partial charge in [-0.25, -0.2) is 4.99 Å². The van der Waals surface area contributed by atoms with Crippen molar-refractivity contribution in [3.05, 3.63) is 59.2 Å². The highest BCUT2D eigenvalue weighted by Crippen LogP contribution is 2.16. The Labute approximate surface area is 167 Å². The van der Waals surface area contributed by atoms with Gasteiger partial charge < -0.3 is 20.5 Å². The average molecular weight is 383 g/mol. The summed E-state index contributed by atoms with van der Waals surface area (Å²) in [6.45, 7) is 9.84. The van der Waals surface area contributed by atoms with Gasteiger partial charge in [0.25, 0.3) is 0 Å². The number of ether oxygens (including phenoxy) is 2. The van der Waals surface area contributed by atoms with Crippen LogP contribution in [0.15, 0.2) is 47.5 Å². The number of benzene rings is 2. The van der Waals surface area contributed by atoms with E-state index in [9.17, 15) is 0 Å². The van der Waals surface area contributed by atoms with Crippen molar-refractivity contribution >= 4 is 11.6 Å². The zero-order chi connectivity index (χ0) is 19.8. The molecule has 0 atom stereocenters. The molecule has 1 aliphatic heterocycles. The van der Waals surface area contributed by atoms with Crippen molar-refractivity contribution in [3.63, 3.8) is 0 Å². The maximum Gasteiger partial charge on any atom is 0.193 e. The van der Waals surface area contributed by atoms with Crippen molar-refractivity contribution in [2.45, 2.75) is 20.4 Å². The van der Waals surface area contributed by atoms with E-state index in [1.165, 1.54) is 11.1 Å². The molecule has 1 heterocycles. The van der Waals surface area contributed by atoms with Crippen LogP contribution in [-0.2, 0) is 11.3 Å². The molecule has 0 aliphatic carbocycles. The van der Waals surface area contributed by atoms with Crippen molar-refractivity contribution in [3.8, 4) is 5.75 Å². The van der Waals surface area contributed by atoms with Crippen molar-refractivity contribution in [1.82, 2.24) is 4.90 Å². The molecule has 1 saturated heterocycles. The topological polar surface area (TPSA) is 72.1 Å². The van der Waals surface area contributed by atoms with Crippen LogP contribution in [0.5, 0.6) is 5.75 Å². The molecular weight excluding hydrogens is 352 g/mol. The minimum absolute atomic E-state index is 0.405. The highest BCUT2D eigenvalue weighted by atomic mass is 16.5. The molecule has 28 heavy (non-hydrogen) atoms.